The third kappa shape index (κ3) is 3.91. The molecule has 0 bridgehead atoms. The molecule has 3 fully saturated rings. The highest BCUT2D eigenvalue weighted by Gasteiger charge is 2.59. The van der Waals surface area contributed by atoms with Gasteiger partial charge in [-0.3, -0.25) is 4.79 Å². The van der Waals surface area contributed by atoms with Crippen LogP contribution in [0.3, 0.4) is 0 Å². The second-order valence-electron chi connectivity index (χ2n) is 12.5. The summed E-state index contributed by atoms with van der Waals surface area (Å²) < 4.78 is 0. The number of hydrogen-bond donors (Lipinski definition) is 2. The van der Waals surface area contributed by atoms with Gasteiger partial charge in [-0.15, -0.1) is 0 Å². The number of hydrogen-bond acceptors (Lipinski definition) is 2. The molecule has 0 aliphatic heterocycles. The van der Waals surface area contributed by atoms with Crippen LogP contribution in [0.15, 0.2) is 11.6 Å². The van der Waals surface area contributed by atoms with E-state index in [1.807, 2.05) is 6.92 Å². The Bertz CT molecular complexity index is 713. The van der Waals surface area contributed by atoms with Crippen LogP contribution in [0.1, 0.15) is 98.8 Å². The minimum atomic E-state index is -0.653. The Morgan fingerprint density at radius 3 is 2.52 bits per heavy atom. The first-order valence-corrected chi connectivity index (χ1v) is 13.2. The Labute approximate surface area is 190 Å². The number of aliphatic carboxylic acids is 1. The molecule has 4 aliphatic rings. The van der Waals surface area contributed by atoms with Gasteiger partial charge in [0.15, 0.2) is 0 Å². The molecule has 4 rings (SSSR count). The van der Waals surface area contributed by atoms with Crippen molar-refractivity contribution in [1.29, 1.82) is 0 Å². The summed E-state index contributed by atoms with van der Waals surface area (Å²) in [6, 6.07) is 0. The lowest BCUT2D eigenvalue weighted by atomic mass is 9.47. The molecule has 3 heteroatoms. The number of carboxylic acid groups (broad SMARTS) is 1. The van der Waals surface area contributed by atoms with Gasteiger partial charge in [-0.05, 0) is 104 Å². The van der Waals surface area contributed by atoms with Gasteiger partial charge in [0.2, 0.25) is 0 Å². The highest BCUT2D eigenvalue weighted by Crippen LogP contribution is 2.67. The Balaban J connectivity index is 1.45. The molecule has 176 valence electrons. The van der Waals surface area contributed by atoms with Crippen LogP contribution in [0.5, 0.6) is 0 Å². The monoisotopic (exact) mass is 430 g/mol. The Kier molecular flexibility index (Phi) is 6.40. The van der Waals surface area contributed by atoms with Crippen LogP contribution >= 0.6 is 0 Å². The van der Waals surface area contributed by atoms with Gasteiger partial charge < -0.3 is 10.2 Å². The number of carbonyl (C=O) groups is 1. The Morgan fingerprint density at radius 1 is 1.06 bits per heavy atom. The molecule has 2 N–H and O–H groups in total. The van der Waals surface area contributed by atoms with Crippen molar-refractivity contribution >= 4 is 5.97 Å². The molecule has 10 atom stereocenters. The van der Waals surface area contributed by atoms with E-state index in [-0.39, 0.29) is 17.9 Å². The molecule has 0 unspecified atom stereocenters. The molecule has 3 nitrogen and oxygen atoms in total. The predicted octanol–water partition coefficient (Wildman–Crippen LogP) is 6.70. The van der Waals surface area contributed by atoms with E-state index in [0.29, 0.717) is 16.7 Å². The van der Waals surface area contributed by atoms with Gasteiger partial charge in [0.25, 0.3) is 0 Å². The summed E-state index contributed by atoms with van der Waals surface area (Å²) in [5.41, 5.74) is 2.36. The predicted molar refractivity (Wildman–Crippen MR) is 126 cm³/mol. The minimum Gasteiger partial charge on any atom is -0.481 e. The van der Waals surface area contributed by atoms with Crippen molar-refractivity contribution in [2.24, 2.45) is 52.3 Å². The van der Waals surface area contributed by atoms with Gasteiger partial charge in [0.05, 0.1) is 12.0 Å². The van der Waals surface area contributed by atoms with Crippen LogP contribution < -0.4 is 0 Å². The fourth-order valence-corrected chi connectivity index (χ4v) is 8.84. The first-order chi connectivity index (χ1) is 14.6. The van der Waals surface area contributed by atoms with Crippen LogP contribution in [0, 0.1) is 52.3 Å². The molecule has 0 radical (unpaired) electrons. The molecule has 0 aromatic carbocycles. The largest absolute Gasteiger partial charge is 0.481 e. The minimum absolute atomic E-state index is 0.118. The average Bonchev–Trinajstić information content (AvgIpc) is 3.09. The second kappa shape index (κ2) is 8.50. The summed E-state index contributed by atoms with van der Waals surface area (Å²) in [5.74, 6) is 3.31. The van der Waals surface area contributed by atoms with Crippen molar-refractivity contribution in [3.63, 3.8) is 0 Å². The molecular formula is C28H46O3. The summed E-state index contributed by atoms with van der Waals surface area (Å²) in [6.07, 6.45) is 14.4. The summed E-state index contributed by atoms with van der Waals surface area (Å²) in [7, 11) is 0. The zero-order valence-corrected chi connectivity index (χ0v) is 20.6. The highest BCUT2D eigenvalue weighted by atomic mass is 16.4. The van der Waals surface area contributed by atoms with Gasteiger partial charge in [-0.2, -0.15) is 0 Å². The number of fused-ring (bicyclic) bond motifs is 5. The lowest BCUT2D eigenvalue weighted by Gasteiger charge is -2.58. The third-order valence-corrected chi connectivity index (χ3v) is 11.2. The van der Waals surface area contributed by atoms with Gasteiger partial charge in [0.1, 0.15) is 0 Å². The van der Waals surface area contributed by atoms with E-state index in [2.05, 4.69) is 33.8 Å². The third-order valence-electron chi connectivity index (χ3n) is 11.2. The summed E-state index contributed by atoms with van der Waals surface area (Å²) in [6.45, 7) is 11.6. The van der Waals surface area contributed by atoms with Crippen LogP contribution in [-0.4, -0.2) is 22.3 Å². The van der Waals surface area contributed by atoms with Crippen molar-refractivity contribution in [2.45, 2.75) is 105 Å². The zero-order chi connectivity index (χ0) is 22.6. The summed E-state index contributed by atoms with van der Waals surface area (Å²) >= 11 is 0. The van der Waals surface area contributed by atoms with Crippen molar-refractivity contribution in [3.05, 3.63) is 11.6 Å². The Morgan fingerprint density at radius 2 is 1.81 bits per heavy atom. The maximum atomic E-state index is 11.3. The average molecular weight is 431 g/mol. The molecule has 0 amide bonds. The van der Waals surface area contributed by atoms with E-state index in [1.54, 1.807) is 5.57 Å². The topological polar surface area (TPSA) is 57.5 Å². The van der Waals surface area contributed by atoms with Crippen molar-refractivity contribution in [2.75, 3.05) is 0 Å². The molecule has 31 heavy (non-hydrogen) atoms. The maximum Gasteiger partial charge on any atom is 0.306 e. The van der Waals surface area contributed by atoms with E-state index in [4.69, 9.17) is 0 Å². The first kappa shape index (κ1) is 23.3. The molecule has 0 heterocycles. The SMILES string of the molecule is C[C@H](CC[C@@H](C)[C@H]1CC[C@H]2[C@@H]3CC=C4C[C@@H](O)CC[C@]4(C)[C@H]3CC[C@]12C)[C@H](C)C(=O)O. The molecule has 3 saturated carbocycles. The zero-order valence-electron chi connectivity index (χ0n) is 20.6. The van der Waals surface area contributed by atoms with Crippen LogP contribution in [0.25, 0.3) is 0 Å². The number of rotatable bonds is 6. The molecule has 0 spiro atoms. The van der Waals surface area contributed by atoms with Crippen LogP contribution in [-0.2, 0) is 4.79 Å². The maximum absolute atomic E-state index is 11.3. The van der Waals surface area contributed by atoms with Gasteiger partial charge in [0, 0.05) is 0 Å². The molecule has 0 aromatic heterocycles. The van der Waals surface area contributed by atoms with Crippen molar-refractivity contribution in [1.82, 2.24) is 0 Å². The molecule has 0 saturated heterocycles. The number of carboxylic acids is 1. The van der Waals surface area contributed by atoms with Gasteiger partial charge >= 0.3 is 5.97 Å². The standard InChI is InChI=1S/C28H46O3/c1-17(19(3)26(30)31)6-7-18(2)23-10-11-24-22-9-8-20-16-21(29)12-14-27(20,4)25(22)13-15-28(23,24)5/h8,17-19,21-25,29H,6-7,9-16H2,1-5H3,(H,30,31)/t17-,18-,19+,21+,22+,23-,24+,25+,27+,28-/m1/s1. The van der Waals surface area contributed by atoms with Crippen molar-refractivity contribution < 1.29 is 15.0 Å². The number of allylic oxidation sites excluding steroid dienone is 1. The fourth-order valence-electron chi connectivity index (χ4n) is 8.84. The Hall–Kier alpha value is -0.830. The van der Waals surface area contributed by atoms with E-state index in [9.17, 15) is 15.0 Å². The summed E-state index contributed by atoms with van der Waals surface area (Å²) in [5, 5.41) is 19.6. The van der Waals surface area contributed by atoms with E-state index in [1.165, 1.54) is 44.9 Å². The van der Waals surface area contributed by atoms with E-state index >= 15 is 0 Å². The van der Waals surface area contributed by atoms with Crippen LogP contribution in [0.4, 0.5) is 0 Å². The van der Waals surface area contributed by atoms with Crippen molar-refractivity contribution in [3.8, 4) is 0 Å². The molecular weight excluding hydrogens is 384 g/mol. The highest BCUT2D eigenvalue weighted by molar-refractivity contribution is 5.69. The van der Waals surface area contributed by atoms with E-state index < -0.39 is 5.97 Å². The quantitative estimate of drug-likeness (QED) is 0.461. The normalized spacial score (nSPS) is 45.0. The lowest BCUT2D eigenvalue weighted by Crippen LogP contribution is -2.50. The number of aliphatic hydroxyl groups excluding tert-OH is 1. The van der Waals surface area contributed by atoms with Gasteiger partial charge in [-0.25, -0.2) is 0 Å². The van der Waals surface area contributed by atoms with E-state index in [0.717, 1.165) is 42.9 Å². The van der Waals surface area contributed by atoms with Gasteiger partial charge in [-0.1, -0.05) is 52.7 Å². The lowest BCUT2D eigenvalue weighted by molar-refractivity contribution is -0.142. The first-order valence-electron chi connectivity index (χ1n) is 13.2. The molecule has 4 aliphatic carbocycles. The smallest absolute Gasteiger partial charge is 0.306 e. The molecule has 0 aromatic rings. The fraction of sp³-hybridized carbons (Fsp3) is 0.893. The summed E-state index contributed by atoms with van der Waals surface area (Å²) in [4.78, 5) is 11.3. The number of aliphatic hydroxyl groups is 1. The second-order valence-corrected chi connectivity index (χ2v) is 12.5. The van der Waals surface area contributed by atoms with Crippen LogP contribution in [0.2, 0.25) is 0 Å².